The Bertz CT molecular complexity index is 462. The first-order valence-corrected chi connectivity index (χ1v) is 5.10. The van der Waals surface area contributed by atoms with Crippen molar-refractivity contribution < 1.29 is 4.79 Å². The van der Waals surface area contributed by atoms with Crippen LogP contribution in [0.25, 0.3) is 10.6 Å². The summed E-state index contributed by atoms with van der Waals surface area (Å²) in [7, 11) is 0. The van der Waals surface area contributed by atoms with Crippen LogP contribution in [0.5, 0.6) is 0 Å². The summed E-state index contributed by atoms with van der Waals surface area (Å²) < 4.78 is 0. The van der Waals surface area contributed by atoms with E-state index in [9.17, 15) is 4.79 Å². The molecule has 0 spiro atoms. The number of aromatic nitrogens is 1. The molecule has 0 aliphatic heterocycles. The highest BCUT2D eigenvalue weighted by Gasteiger charge is 2.02. The molecule has 0 saturated heterocycles. The molecule has 2 aromatic heterocycles. The predicted octanol–water partition coefficient (Wildman–Crippen LogP) is 2.93. The molecule has 0 atom stereocenters. The molecular formula is C11H9NOS. The predicted molar refractivity (Wildman–Crippen MR) is 57.7 cm³/mol. The average molecular weight is 203 g/mol. The Morgan fingerprint density at radius 3 is 2.79 bits per heavy atom. The van der Waals surface area contributed by atoms with Crippen LogP contribution < -0.4 is 0 Å². The Morgan fingerprint density at radius 2 is 2.14 bits per heavy atom. The molecule has 0 aromatic carbocycles. The number of pyridine rings is 1. The number of hydrogen-bond donors (Lipinski definition) is 0. The zero-order valence-electron chi connectivity index (χ0n) is 7.73. The third-order valence-electron chi connectivity index (χ3n) is 1.88. The van der Waals surface area contributed by atoms with E-state index in [2.05, 4.69) is 4.98 Å². The van der Waals surface area contributed by atoms with E-state index in [4.69, 9.17) is 0 Å². The summed E-state index contributed by atoms with van der Waals surface area (Å²) in [5, 5.41) is 0. The molecule has 0 unspecified atom stereocenters. The third kappa shape index (κ3) is 1.72. The van der Waals surface area contributed by atoms with Crippen LogP contribution in [0.1, 0.15) is 15.4 Å². The fourth-order valence-electron chi connectivity index (χ4n) is 1.23. The number of nitrogens with zero attached hydrogens (tertiary/aromatic N) is 1. The van der Waals surface area contributed by atoms with Gasteiger partial charge in [0.1, 0.15) is 0 Å². The summed E-state index contributed by atoms with van der Waals surface area (Å²) in [5.74, 6) is 0. The molecular weight excluding hydrogens is 194 g/mol. The van der Waals surface area contributed by atoms with E-state index in [1.807, 2.05) is 37.3 Å². The Balaban J connectivity index is 2.43. The number of carbonyl (C=O) groups excluding carboxylic acids is 1. The highest BCUT2D eigenvalue weighted by atomic mass is 32.1. The van der Waals surface area contributed by atoms with E-state index in [1.165, 1.54) is 11.3 Å². The lowest BCUT2D eigenvalue weighted by Crippen LogP contribution is -1.82. The second-order valence-corrected chi connectivity index (χ2v) is 4.10. The molecule has 3 heteroatoms. The molecule has 0 aliphatic rings. The molecule has 0 amide bonds. The van der Waals surface area contributed by atoms with Crippen LogP contribution in [-0.4, -0.2) is 11.3 Å². The van der Waals surface area contributed by atoms with Gasteiger partial charge in [-0.15, -0.1) is 11.3 Å². The standard InChI is InChI=1S/C11H9NOS/c1-8-3-2-4-10(12-8)11-6-5-9(7-13)14-11/h2-7H,1H3. The van der Waals surface area contributed by atoms with Crippen molar-refractivity contribution in [1.82, 2.24) is 4.98 Å². The van der Waals surface area contributed by atoms with Gasteiger partial charge in [0.2, 0.25) is 0 Å². The van der Waals surface area contributed by atoms with Gasteiger partial charge in [-0.3, -0.25) is 9.78 Å². The fraction of sp³-hybridized carbons (Fsp3) is 0.0909. The lowest BCUT2D eigenvalue weighted by Gasteiger charge is -1.96. The lowest BCUT2D eigenvalue weighted by molar-refractivity contribution is 0.112. The summed E-state index contributed by atoms with van der Waals surface area (Å²) >= 11 is 1.46. The van der Waals surface area contributed by atoms with Crippen molar-refractivity contribution in [2.75, 3.05) is 0 Å². The fourth-order valence-corrected chi connectivity index (χ4v) is 2.03. The topological polar surface area (TPSA) is 30.0 Å². The normalized spacial score (nSPS) is 10.1. The molecule has 2 rings (SSSR count). The van der Waals surface area contributed by atoms with Gasteiger partial charge in [0.05, 0.1) is 15.4 Å². The zero-order valence-corrected chi connectivity index (χ0v) is 8.54. The second-order valence-electron chi connectivity index (χ2n) is 2.98. The number of hydrogen-bond acceptors (Lipinski definition) is 3. The largest absolute Gasteiger partial charge is 0.297 e. The number of thiophene rings is 1. The van der Waals surface area contributed by atoms with Crippen molar-refractivity contribution >= 4 is 17.6 Å². The van der Waals surface area contributed by atoms with Gasteiger partial charge >= 0.3 is 0 Å². The zero-order chi connectivity index (χ0) is 9.97. The molecule has 2 nitrogen and oxygen atoms in total. The van der Waals surface area contributed by atoms with E-state index in [0.717, 1.165) is 27.4 Å². The first-order chi connectivity index (χ1) is 6.79. The monoisotopic (exact) mass is 203 g/mol. The van der Waals surface area contributed by atoms with Gasteiger partial charge in [0, 0.05) is 5.69 Å². The van der Waals surface area contributed by atoms with Crippen molar-refractivity contribution in [3.63, 3.8) is 0 Å². The average Bonchev–Trinajstić information content (AvgIpc) is 2.66. The maximum absolute atomic E-state index is 10.5. The number of aryl methyl sites for hydroxylation is 1. The minimum absolute atomic E-state index is 0.739. The Morgan fingerprint density at radius 1 is 1.29 bits per heavy atom. The van der Waals surface area contributed by atoms with Crippen molar-refractivity contribution in [3.8, 4) is 10.6 Å². The number of aldehydes is 1. The van der Waals surface area contributed by atoms with Gasteiger partial charge in [-0.2, -0.15) is 0 Å². The van der Waals surface area contributed by atoms with Gasteiger partial charge in [-0.1, -0.05) is 6.07 Å². The van der Waals surface area contributed by atoms with Crippen molar-refractivity contribution in [1.29, 1.82) is 0 Å². The SMILES string of the molecule is Cc1cccc(-c2ccc(C=O)s2)n1. The van der Waals surface area contributed by atoms with Crippen molar-refractivity contribution in [2.24, 2.45) is 0 Å². The molecule has 0 bridgehead atoms. The summed E-state index contributed by atoms with van der Waals surface area (Å²) in [4.78, 5) is 16.7. The van der Waals surface area contributed by atoms with E-state index in [0.29, 0.717) is 0 Å². The second kappa shape index (κ2) is 3.72. The first kappa shape index (κ1) is 9.09. The lowest BCUT2D eigenvalue weighted by atomic mass is 10.3. The van der Waals surface area contributed by atoms with Gasteiger partial charge in [0.15, 0.2) is 6.29 Å². The molecule has 2 heterocycles. The molecule has 70 valence electrons. The van der Waals surface area contributed by atoms with Crippen molar-refractivity contribution in [2.45, 2.75) is 6.92 Å². The maximum Gasteiger partial charge on any atom is 0.160 e. The molecule has 14 heavy (non-hydrogen) atoms. The minimum atomic E-state index is 0.739. The molecule has 0 aliphatic carbocycles. The van der Waals surface area contributed by atoms with Gasteiger partial charge < -0.3 is 0 Å². The highest BCUT2D eigenvalue weighted by molar-refractivity contribution is 7.17. The number of carbonyl (C=O) groups is 1. The van der Waals surface area contributed by atoms with Gasteiger partial charge in [-0.25, -0.2) is 0 Å². The molecule has 0 saturated carbocycles. The highest BCUT2D eigenvalue weighted by Crippen LogP contribution is 2.25. The van der Waals surface area contributed by atoms with Crippen LogP contribution >= 0.6 is 11.3 Å². The van der Waals surface area contributed by atoms with Crippen LogP contribution in [-0.2, 0) is 0 Å². The Hall–Kier alpha value is -1.48. The molecule has 0 N–H and O–H groups in total. The van der Waals surface area contributed by atoms with Crippen LogP contribution in [0, 0.1) is 6.92 Å². The van der Waals surface area contributed by atoms with E-state index in [1.54, 1.807) is 0 Å². The van der Waals surface area contributed by atoms with Gasteiger partial charge in [-0.05, 0) is 31.2 Å². The van der Waals surface area contributed by atoms with E-state index >= 15 is 0 Å². The van der Waals surface area contributed by atoms with Gasteiger partial charge in [0.25, 0.3) is 0 Å². The summed E-state index contributed by atoms with van der Waals surface area (Å²) in [6.45, 7) is 1.96. The third-order valence-corrected chi connectivity index (χ3v) is 2.92. The molecule has 0 fully saturated rings. The summed E-state index contributed by atoms with van der Waals surface area (Å²) in [5.41, 5.74) is 1.92. The Kier molecular flexibility index (Phi) is 2.41. The number of rotatable bonds is 2. The Labute approximate surface area is 86.2 Å². The maximum atomic E-state index is 10.5. The van der Waals surface area contributed by atoms with Crippen LogP contribution in [0.4, 0.5) is 0 Å². The van der Waals surface area contributed by atoms with Crippen molar-refractivity contribution in [3.05, 3.63) is 40.9 Å². The summed E-state index contributed by atoms with van der Waals surface area (Å²) in [6, 6.07) is 9.62. The quantitative estimate of drug-likeness (QED) is 0.702. The van der Waals surface area contributed by atoms with Crippen LogP contribution in [0.15, 0.2) is 30.3 Å². The van der Waals surface area contributed by atoms with Crippen LogP contribution in [0.3, 0.4) is 0 Å². The first-order valence-electron chi connectivity index (χ1n) is 4.28. The molecule has 2 aromatic rings. The van der Waals surface area contributed by atoms with E-state index < -0.39 is 0 Å². The van der Waals surface area contributed by atoms with E-state index in [-0.39, 0.29) is 0 Å². The minimum Gasteiger partial charge on any atom is -0.297 e. The summed E-state index contributed by atoms with van der Waals surface area (Å²) in [6.07, 6.45) is 0.865. The van der Waals surface area contributed by atoms with Crippen LogP contribution in [0.2, 0.25) is 0 Å². The molecule has 0 radical (unpaired) electrons. The smallest absolute Gasteiger partial charge is 0.160 e.